The summed E-state index contributed by atoms with van der Waals surface area (Å²) in [6.45, 7) is 4.29. The molecule has 1 heterocycles. The highest BCUT2D eigenvalue weighted by atomic mass is 32.2. The molecule has 1 saturated heterocycles. The van der Waals surface area contributed by atoms with Crippen LogP contribution in [0.15, 0.2) is 54.6 Å². The maximum absolute atomic E-state index is 3.32. The van der Waals surface area contributed by atoms with E-state index < -0.39 is 0 Å². The number of rotatable bonds is 6. The molecule has 3 nitrogen and oxygen atoms in total. The van der Waals surface area contributed by atoms with Gasteiger partial charge in [-0.2, -0.15) is 11.8 Å². The molecule has 2 aromatic rings. The van der Waals surface area contributed by atoms with E-state index in [0.717, 1.165) is 18.8 Å². The molecule has 2 aromatic carbocycles. The molecule has 3 rings (SSSR count). The molecule has 0 bridgehead atoms. The van der Waals surface area contributed by atoms with E-state index in [9.17, 15) is 0 Å². The van der Waals surface area contributed by atoms with Gasteiger partial charge < -0.3 is 5.43 Å². The standard InChI is InChI=1S/C18H23N3S/c1-2-8-18(9-3-1)20-19-14-16-6-4-5-7-17(16)15-21-10-12-22-13-11-21/h1-9,19-20H,10-15H2. The highest BCUT2D eigenvalue weighted by Crippen LogP contribution is 2.16. The van der Waals surface area contributed by atoms with Crippen LogP contribution >= 0.6 is 11.8 Å². The van der Waals surface area contributed by atoms with Crippen molar-refractivity contribution >= 4 is 17.4 Å². The first kappa shape index (κ1) is 15.4. The van der Waals surface area contributed by atoms with Gasteiger partial charge in [-0.15, -0.1) is 0 Å². The molecule has 1 aliphatic rings. The number of benzene rings is 2. The van der Waals surface area contributed by atoms with Gasteiger partial charge in [-0.1, -0.05) is 42.5 Å². The van der Waals surface area contributed by atoms with Crippen molar-refractivity contribution in [2.24, 2.45) is 0 Å². The summed E-state index contributed by atoms with van der Waals surface area (Å²) in [7, 11) is 0. The molecule has 116 valence electrons. The molecule has 2 N–H and O–H groups in total. The first-order valence-electron chi connectivity index (χ1n) is 7.82. The first-order chi connectivity index (χ1) is 10.9. The molecule has 0 aliphatic carbocycles. The minimum atomic E-state index is 0.827. The van der Waals surface area contributed by atoms with E-state index >= 15 is 0 Å². The van der Waals surface area contributed by atoms with Gasteiger partial charge in [-0.3, -0.25) is 4.90 Å². The summed E-state index contributed by atoms with van der Waals surface area (Å²) in [6, 6.07) is 18.9. The van der Waals surface area contributed by atoms with Crippen LogP contribution in [0.25, 0.3) is 0 Å². The smallest absolute Gasteiger partial charge is 0.0487 e. The van der Waals surface area contributed by atoms with E-state index in [4.69, 9.17) is 0 Å². The van der Waals surface area contributed by atoms with Gasteiger partial charge in [0.2, 0.25) is 0 Å². The lowest BCUT2D eigenvalue weighted by Crippen LogP contribution is -2.32. The zero-order valence-electron chi connectivity index (χ0n) is 12.8. The van der Waals surface area contributed by atoms with Crippen LogP contribution in [0.5, 0.6) is 0 Å². The van der Waals surface area contributed by atoms with Gasteiger partial charge in [0.05, 0.1) is 0 Å². The maximum atomic E-state index is 3.32. The van der Waals surface area contributed by atoms with E-state index in [1.807, 2.05) is 18.2 Å². The Labute approximate surface area is 137 Å². The monoisotopic (exact) mass is 313 g/mol. The molecule has 1 fully saturated rings. The molecule has 0 spiro atoms. The summed E-state index contributed by atoms with van der Waals surface area (Å²) in [6.07, 6.45) is 0. The maximum Gasteiger partial charge on any atom is 0.0487 e. The number of hydrogen-bond donors (Lipinski definition) is 2. The minimum Gasteiger partial charge on any atom is -0.321 e. The van der Waals surface area contributed by atoms with Crippen molar-refractivity contribution in [2.45, 2.75) is 13.1 Å². The average molecular weight is 313 g/mol. The Morgan fingerprint density at radius 1 is 0.864 bits per heavy atom. The van der Waals surface area contributed by atoms with E-state index in [0.29, 0.717) is 0 Å². The van der Waals surface area contributed by atoms with Gasteiger partial charge in [0, 0.05) is 43.4 Å². The van der Waals surface area contributed by atoms with Crippen molar-refractivity contribution in [3.05, 3.63) is 65.7 Å². The van der Waals surface area contributed by atoms with Crippen LogP contribution in [-0.4, -0.2) is 29.5 Å². The van der Waals surface area contributed by atoms with Crippen molar-refractivity contribution in [2.75, 3.05) is 30.0 Å². The number of anilines is 1. The highest BCUT2D eigenvalue weighted by Gasteiger charge is 2.12. The number of hydrogen-bond acceptors (Lipinski definition) is 4. The lowest BCUT2D eigenvalue weighted by molar-refractivity contribution is 0.293. The molecule has 4 heteroatoms. The van der Waals surface area contributed by atoms with Crippen LogP contribution < -0.4 is 10.9 Å². The summed E-state index contributed by atoms with van der Waals surface area (Å²) in [5.41, 5.74) is 10.5. The van der Waals surface area contributed by atoms with E-state index in [-0.39, 0.29) is 0 Å². The second-order valence-corrected chi connectivity index (χ2v) is 6.73. The lowest BCUT2D eigenvalue weighted by atomic mass is 10.1. The van der Waals surface area contributed by atoms with Gasteiger partial charge in [-0.05, 0) is 23.3 Å². The second-order valence-electron chi connectivity index (χ2n) is 5.50. The Morgan fingerprint density at radius 3 is 2.32 bits per heavy atom. The third kappa shape index (κ3) is 4.50. The molecule has 0 saturated carbocycles. The Balaban J connectivity index is 1.56. The highest BCUT2D eigenvalue weighted by molar-refractivity contribution is 7.99. The fourth-order valence-corrected chi connectivity index (χ4v) is 3.63. The van der Waals surface area contributed by atoms with Gasteiger partial charge in [-0.25, -0.2) is 5.43 Å². The van der Waals surface area contributed by atoms with E-state index in [1.165, 1.54) is 35.7 Å². The van der Waals surface area contributed by atoms with Crippen LogP contribution in [-0.2, 0) is 13.1 Å². The predicted octanol–water partition coefficient (Wildman–Crippen LogP) is 3.35. The largest absolute Gasteiger partial charge is 0.321 e. The van der Waals surface area contributed by atoms with Gasteiger partial charge in [0.25, 0.3) is 0 Å². The molecule has 1 aliphatic heterocycles. The first-order valence-corrected chi connectivity index (χ1v) is 8.98. The van der Waals surface area contributed by atoms with Gasteiger partial charge >= 0.3 is 0 Å². The third-order valence-electron chi connectivity index (χ3n) is 3.90. The quantitative estimate of drug-likeness (QED) is 0.800. The molecule has 0 unspecified atom stereocenters. The van der Waals surface area contributed by atoms with Crippen LogP contribution in [0.1, 0.15) is 11.1 Å². The SMILES string of the molecule is c1ccc(NNCc2ccccc2CN2CCSCC2)cc1. The van der Waals surface area contributed by atoms with Gasteiger partial charge in [0.1, 0.15) is 0 Å². The summed E-state index contributed by atoms with van der Waals surface area (Å²) in [4.78, 5) is 2.56. The molecular formula is C18H23N3S. The fourth-order valence-electron chi connectivity index (χ4n) is 2.65. The normalized spacial score (nSPS) is 15.6. The Hall–Kier alpha value is -1.49. The number of para-hydroxylation sites is 1. The minimum absolute atomic E-state index is 0.827. The summed E-state index contributed by atoms with van der Waals surface area (Å²) in [5, 5.41) is 0. The van der Waals surface area contributed by atoms with E-state index in [1.54, 1.807) is 0 Å². The molecule has 0 amide bonds. The third-order valence-corrected chi connectivity index (χ3v) is 4.84. The van der Waals surface area contributed by atoms with Crippen molar-refractivity contribution in [1.82, 2.24) is 10.3 Å². The zero-order valence-corrected chi connectivity index (χ0v) is 13.6. The predicted molar refractivity (Wildman–Crippen MR) is 95.9 cm³/mol. The Morgan fingerprint density at radius 2 is 1.55 bits per heavy atom. The summed E-state index contributed by atoms with van der Waals surface area (Å²) >= 11 is 2.06. The second kappa shape index (κ2) is 8.22. The van der Waals surface area contributed by atoms with Crippen LogP contribution in [0.4, 0.5) is 5.69 Å². The van der Waals surface area contributed by atoms with Crippen molar-refractivity contribution in [3.8, 4) is 0 Å². The van der Waals surface area contributed by atoms with E-state index in [2.05, 4.69) is 63.9 Å². The Kier molecular flexibility index (Phi) is 5.76. The summed E-state index contributed by atoms with van der Waals surface area (Å²) in [5.74, 6) is 2.52. The van der Waals surface area contributed by atoms with Crippen LogP contribution in [0.2, 0.25) is 0 Å². The van der Waals surface area contributed by atoms with Crippen LogP contribution in [0.3, 0.4) is 0 Å². The fraction of sp³-hybridized carbons (Fsp3) is 0.333. The molecular weight excluding hydrogens is 290 g/mol. The lowest BCUT2D eigenvalue weighted by Gasteiger charge is -2.27. The molecule has 0 aromatic heterocycles. The van der Waals surface area contributed by atoms with Crippen molar-refractivity contribution in [3.63, 3.8) is 0 Å². The average Bonchev–Trinajstić information content (AvgIpc) is 2.58. The molecule has 0 atom stereocenters. The molecule has 0 radical (unpaired) electrons. The molecule has 22 heavy (non-hydrogen) atoms. The number of hydrazine groups is 1. The Bertz CT molecular complexity index is 568. The van der Waals surface area contributed by atoms with Crippen molar-refractivity contribution < 1.29 is 0 Å². The number of nitrogens with zero attached hydrogens (tertiary/aromatic N) is 1. The zero-order chi connectivity index (χ0) is 15.0. The number of nitrogens with one attached hydrogen (secondary N) is 2. The van der Waals surface area contributed by atoms with Crippen LogP contribution in [0, 0.1) is 0 Å². The number of thioether (sulfide) groups is 1. The summed E-state index contributed by atoms with van der Waals surface area (Å²) < 4.78 is 0. The topological polar surface area (TPSA) is 27.3 Å². The van der Waals surface area contributed by atoms with Crippen molar-refractivity contribution in [1.29, 1.82) is 0 Å². The van der Waals surface area contributed by atoms with Gasteiger partial charge in [0.15, 0.2) is 0 Å².